The van der Waals surface area contributed by atoms with E-state index >= 15 is 0 Å². The van der Waals surface area contributed by atoms with Crippen molar-refractivity contribution in [3.8, 4) is 0 Å². The predicted molar refractivity (Wildman–Crippen MR) is 60.6 cm³/mol. The van der Waals surface area contributed by atoms with Crippen LogP contribution in [0.2, 0.25) is 0 Å². The van der Waals surface area contributed by atoms with Gasteiger partial charge in [-0.25, -0.2) is 4.98 Å². The van der Waals surface area contributed by atoms with Crippen molar-refractivity contribution in [3.05, 3.63) is 30.1 Å². The Morgan fingerprint density at radius 1 is 1.40 bits per heavy atom. The van der Waals surface area contributed by atoms with Gasteiger partial charge in [0.1, 0.15) is 0 Å². The molecule has 1 heterocycles. The minimum absolute atomic E-state index is 0.137. The Hall–Kier alpha value is -1.35. The minimum atomic E-state index is 0.137. The average molecular weight is 201 g/mol. The lowest BCUT2D eigenvalue weighted by Crippen LogP contribution is -2.22. The number of imidazole rings is 1. The van der Waals surface area contributed by atoms with Crippen LogP contribution >= 0.6 is 0 Å². The molecule has 1 aliphatic rings. The largest absolute Gasteiger partial charge is 0.345 e. The first-order valence-corrected chi connectivity index (χ1v) is 5.47. The lowest BCUT2D eigenvalue weighted by Gasteiger charge is -2.08. The van der Waals surface area contributed by atoms with Gasteiger partial charge in [-0.15, -0.1) is 0 Å². The Labute approximate surface area is 88.7 Å². The lowest BCUT2D eigenvalue weighted by molar-refractivity contribution is 0.610. The molecular weight excluding hydrogens is 186 g/mol. The van der Waals surface area contributed by atoms with Crippen molar-refractivity contribution in [1.82, 2.24) is 9.97 Å². The third-order valence-electron chi connectivity index (χ3n) is 3.32. The standard InChI is InChI=1S/C12H15N3/c13-12(6-7-12)5-4-9-2-1-3-10-11(9)15-8-14-10/h1-3,8H,4-7,13H2,(H,14,15). The number of hydrogen-bond donors (Lipinski definition) is 2. The van der Waals surface area contributed by atoms with E-state index in [9.17, 15) is 0 Å². The summed E-state index contributed by atoms with van der Waals surface area (Å²) < 4.78 is 0. The number of aromatic nitrogens is 2. The normalized spacial score (nSPS) is 18.2. The SMILES string of the molecule is NC1(CCc2cccc3[nH]cnc23)CC1. The van der Waals surface area contributed by atoms with E-state index in [1.165, 1.54) is 18.4 Å². The van der Waals surface area contributed by atoms with Gasteiger partial charge in [0.05, 0.1) is 17.4 Å². The fourth-order valence-electron chi connectivity index (χ4n) is 2.02. The Morgan fingerprint density at radius 2 is 2.27 bits per heavy atom. The average Bonchev–Trinajstić information content (AvgIpc) is 2.80. The summed E-state index contributed by atoms with van der Waals surface area (Å²) in [6, 6.07) is 6.28. The summed E-state index contributed by atoms with van der Waals surface area (Å²) >= 11 is 0. The smallest absolute Gasteiger partial charge is 0.0931 e. The van der Waals surface area contributed by atoms with E-state index < -0.39 is 0 Å². The number of benzene rings is 1. The first kappa shape index (κ1) is 8.92. The third-order valence-corrected chi connectivity index (χ3v) is 3.32. The maximum Gasteiger partial charge on any atom is 0.0931 e. The highest BCUT2D eigenvalue weighted by molar-refractivity contribution is 5.78. The topological polar surface area (TPSA) is 54.7 Å². The van der Waals surface area contributed by atoms with Crippen LogP contribution in [0.5, 0.6) is 0 Å². The summed E-state index contributed by atoms with van der Waals surface area (Å²) in [5, 5.41) is 0. The second-order valence-electron chi connectivity index (χ2n) is 4.58. The Balaban J connectivity index is 1.86. The molecule has 0 unspecified atom stereocenters. The Morgan fingerprint density at radius 3 is 3.07 bits per heavy atom. The van der Waals surface area contributed by atoms with Crippen LogP contribution in [0.4, 0.5) is 0 Å². The number of nitrogens with zero attached hydrogens (tertiary/aromatic N) is 1. The molecule has 0 saturated heterocycles. The first-order valence-electron chi connectivity index (χ1n) is 5.47. The predicted octanol–water partition coefficient (Wildman–Crippen LogP) is 1.99. The molecule has 0 bridgehead atoms. The van der Waals surface area contributed by atoms with Crippen molar-refractivity contribution < 1.29 is 0 Å². The van der Waals surface area contributed by atoms with Crippen LogP contribution in [-0.4, -0.2) is 15.5 Å². The first-order chi connectivity index (χ1) is 7.27. The quantitative estimate of drug-likeness (QED) is 0.797. The second kappa shape index (κ2) is 3.07. The third kappa shape index (κ3) is 1.63. The van der Waals surface area contributed by atoms with Crippen molar-refractivity contribution in [3.63, 3.8) is 0 Å². The number of H-pyrrole nitrogens is 1. The molecule has 0 radical (unpaired) electrons. The maximum atomic E-state index is 6.09. The molecule has 3 nitrogen and oxygen atoms in total. The zero-order valence-electron chi connectivity index (χ0n) is 8.66. The number of nitrogens with one attached hydrogen (secondary N) is 1. The number of fused-ring (bicyclic) bond motifs is 1. The molecule has 1 fully saturated rings. The molecule has 0 amide bonds. The Kier molecular flexibility index (Phi) is 1.83. The van der Waals surface area contributed by atoms with Gasteiger partial charge in [0, 0.05) is 5.54 Å². The maximum absolute atomic E-state index is 6.09. The van der Waals surface area contributed by atoms with Gasteiger partial charge in [0.2, 0.25) is 0 Å². The summed E-state index contributed by atoms with van der Waals surface area (Å²) in [5.41, 5.74) is 9.75. The molecular formula is C12H15N3. The van der Waals surface area contributed by atoms with Crippen LogP contribution in [-0.2, 0) is 6.42 Å². The van der Waals surface area contributed by atoms with E-state index in [2.05, 4.69) is 28.2 Å². The number of rotatable bonds is 3. The molecule has 0 aliphatic heterocycles. The fourth-order valence-corrected chi connectivity index (χ4v) is 2.02. The number of aromatic amines is 1. The van der Waals surface area contributed by atoms with Crippen LogP contribution in [0.3, 0.4) is 0 Å². The zero-order valence-corrected chi connectivity index (χ0v) is 8.66. The van der Waals surface area contributed by atoms with Crippen molar-refractivity contribution in [2.24, 2.45) is 5.73 Å². The molecule has 0 atom stereocenters. The van der Waals surface area contributed by atoms with Crippen LogP contribution in [0.25, 0.3) is 11.0 Å². The van der Waals surface area contributed by atoms with Crippen LogP contribution in [0, 0.1) is 0 Å². The summed E-state index contributed by atoms with van der Waals surface area (Å²) in [4.78, 5) is 7.47. The van der Waals surface area contributed by atoms with Crippen molar-refractivity contribution in [1.29, 1.82) is 0 Å². The summed E-state index contributed by atoms with van der Waals surface area (Å²) in [6.45, 7) is 0. The van der Waals surface area contributed by atoms with Crippen LogP contribution in [0.1, 0.15) is 24.8 Å². The van der Waals surface area contributed by atoms with Crippen LogP contribution < -0.4 is 5.73 Å². The van der Waals surface area contributed by atoms with E-state index in [1.807, 2.05) is 0 Å². The summed E-state index contributed by atoms with van der Waals surface area (Å²) in [6.07, 6.45) is 6.24. The van der Waals surface area contributed by atoms with Gasteiger partial charge < -0.3 is 10.7 Å². The second-order valence-corrected chi connectivity index (χ2v) is 4.58. The van der Waals surface area contributed by atoms with Gasteiger partial charge in [0.15, 0.2) is 0 Å². The van der Waals surface area contributed by atoms with E-state index in [0.29, 0.717) is 0 Å². The van der Waals surface area contributed by atoms with E-state index in [1.54, 1.807) is 6.33 Å². The molecule has 3 heteroatoms. The molecule has 78 valence electrons. The van der Waals surface area contributed by atoms with Gasteiger partial charge in [-0.1, -0.05) is 12.1 Å². The highest BCUT2D eigenvalue weighted by Gasteiger charge is 2.37. The molecule has 3 rings (SSSR count). The van der Waals surface area contributed by atoms with E-state index in [-0.39, 0.29) is 5.54 Å². The number of nitrogens with two attached hydrogens (primary N) is 1. The van der Waals surface area contributed by atoms with E-state index in [0.717, 1.165) is 23.9 Å². The molecule has 15 heavy (non-hydrogen) atoms. The van der Waals surface area contributed by atoms with Gasteiger partial charge in [-0.2, -0.15) is 0 Å². The van der Waals surface area contributed by atoms with Gasteiger partial charge >= 0.3 is 0 Å². The highest BCUT2D eigenvalue weighted by atomic mass is 14.9. The molecule has 3 N–H and O–H groups in total. The number of hydrogen-bond acceptors (Lipinski definition) is 2. The molecule has 1 aromatic heterocycles. The monoisotopic (exact) mass is 201 g/mol. The van der Waals surface area contributed by atoms with Crippen molar-refractivity contribution in [2.45, 2.75) is 31.2 Å². The lowest BCUT2D eigenvalue weighted by atomic mass is 10.0. The molecule has 1 aliphatic carbocycles. The Bertz CT molecular complexity index is 482. The van der Waals surface area contributed by atoms with Gasteiger partial charge in [0.25, 0.3) is 0 Å². The van der Waals surface area contributed by atoms with Crippen molar-refractivity contribution in [2.75, 3.05) is 0 Å². The molecule has 1 saturated carbocycles. The molecule has 0 spiro atoms. The zero-order chi connectivity index (χ0) is 10.3. The van der Waals surface area contributed by atoms with E-state index in [4.69, 9.17) is 5.73 Å². The van der Waals surface area contributed by atoms with Crippen LogP contribution in [0.15, 0.2) is 24.5 Å². The molecule has 1 aromatic carbocycles. The minimum Gasteiger partial charge on any atom is -0.345 e. The summed E-state index contributed by atoms with van der Waals surface area (Å²) in [5.74, 6) is 0. The molecule has 2 aromatic rings. The van der Waals surface area contributed by atoms with Gasteiger partial charge in [-0.3, -0.25) is 0 Å². The van der Waals surface area contributed by atoms with Gasteiger partial charge in [-0.05, 0) is 37.3 Å². The highest BCUT2D eigenvalue weighted by Crippen LogP contribution is 2.36. The number of aryl methyl sites for hydroxylation is 1. The number of para-hydroxylation sites is 1. The fraction of sp³-hybridized carbons (Fsp3) is 0.417. The summed E-state index contributed by atoms with van der Waals surface area (Å²) in [7, 11) is 0. The van der Waals surface area contributed by atoms with Crippen molar-refractivity contribution >= 4 is 11.0 Å².